The van der Waals surface area contributed by atoms with E-state index in [1.807, 2.05) is 24.1 Å². The van der Waals surface area contributed by atoms with Crippen molar-refractivity contribution in [2.45, 2.75) is 58.8 Å². The van der Waals surface area contributed by atoms with E-state index in [2.05, 4.69) is 30.4 Å². The third-order valence-corrected chi connectivity index (χ3v) is 5.26. The number of likely N-dealkylation sites (tertiary alicyclic amines) is 1. The Labute approximate surface area is 154 Å². The molecule has 0 saturated carbocycles. The Balaban J connectivity index is 1.87. The van der Waals surface area contributed by atoms with Crippen LogP contribution in [0.3, 0.4) is 0 Å². The molecule has 2 aromatic rings. The Morgan fingerprint density at radius 3 is 2.69 bits per heavy atom. The number of nitrogen functional groups attached to an aromatic ring is 1. The molecule has 0 spiro atoms. The lowest BCUT2D eigenvalue weighted by Gasteiger charge is -2.24. The summed E-state index contributed by atoms with van der Waals surface area (Å²) in [6, 6.07) is 4.13. The van der Waals surface area contributed by atoms with E-state index in [9.17, 15) is 4.79 Å². The zero-order valence-corrected chi connectivity index (χ0v) is 16.3. The van der Waals surface area contributed by atoms with Crippen molar-refractivity contribution in [1.29, 1.82) is 0 Å². The highest BCUT2D eigenvalue weighted by molar-refractivity contribution is 5.96. The van der Waals surface area contributed by atoms with Crippen molar-refractivity contribution in [1.82, 2.24) is 19.2 Å². The molecule has 7 nitrogen and oxygen atoms in total. The van der Waals surface area contributed by atoms with Gasteiger partial charge in [-0.15, -0.1) is 0 Å². The SMILES string of the molecule is CO[C@H]1C[C@@H](Cn2ccc(N)n2)N(C(=O)c2cc(C)n(C(C)C)c2C)C1. The number of aryl methyl sites for hydroxylation is 1. The summed E-state index contributed by atoms with van der Waals surface area (Å²) in [6.07, 6.45) is 2.69. The fourth-order valence-electron chi connectivity index (χ4n) is 4.10. The first-order valence-electron chi connectivity index (χ1n) is 9.13. The molecular formula is C19H29N5O2. The van der Waals surface area contributed by atoms with Gasteiger partial charge in [0.1, 0.15) is 5.82 Å². The number of hydrogen-bond donors (Lipinski definition) is 1. The van der Waals surface area contributed by atoms with Crippen LogP contribution in [0.25, 0.3) is 0 Å². The second-order valence-electron chi connectivity index (χ2n) is 7.42. The number of methoxy groups -OCH3 is 1. The van der Waals surface area contributed by atoms with Crippen molar-refractivity contribution in [3.63, 3.8) is 0 Å². The summed E-state index contributed by atoms with van der Waals surface area (Å²) >= 11 is 0. The Bertz CT molecular complexity index is 792. The average Bonchev–Trinajstić information content (AvgIpc) is 3.25. The number of carbonyl (C=O) groups is 1. The van der Waals surface area contributed by atoms with E-state index in [0.717, 1.165) is 23.4 Å². The van der Waals surface area contributed by atoms with Crippen LogP contribution in [0.2, 0.25) is 0 Å². The van der Waals surface area contributed by atoms with Crippen LogP contribution in [-0.4, -0.2) is 51.0 Å². The zero-order chi connectivity index (χ0) is 19.0. The molecular weight excluding hydrogens is 330 g/mol. The predicted octanol–water partition coefficient (Wildman–Crippen LogP) is 2.39. The summed E-state index contributed by atoms with van der Waals surface area (Å²) < 4.78 is 9.55. The maximum atomic E-state index is 13.3. The van der Waals surface area contributed by atoms with Crippen molar-refractivity contribution in [2.75, 3.05) is 19.4 Å². The number of nitrogens with two attached hydrogens (primary N) is 1. The Morgan fingerprint density at radius 2 is 2.15 bits per heavy atom. The summed E-state index contributed by atoms with van der Waals surface area (Å²) in [7, 11) is 1.70. The number of aromatic nitrogens is 3. The highest BCUT2D eigenvalue weighted by Gasteiger charge is 2.37. The van der Waals surface area contributed by atoms with E-state index in [-0.39, 0.29) is 18.1 Å². The molecule has 2 N–H and O–H groups in total. The first kappa shape index (κ1) is 18.5. The van der Waals surface area contributed by atoms with Gasteiger partial charge in [0, 0.05) is 37.3 Å². The minimum Gasteiger partial charge on any atom is -0.382 e. The predicted molar refractivity (Wildman–Crippen MR) is 101 cm³/mol. The van der Waals surface area contributed by atoms with Crippen LogP contribution in [0.15, 0.2) is 18.3 Å². The van der Waals surface area contributed by atoms with E-state index < -0.39 is 0 Å². The zero-order valence-electron chi connectivity index (χ0n) is 16.3. The lowest BCUT2D eigenvalue weighted by molar-refractivity contribution is 0.0678. The summed E-state index contributed by atoms with van der Waals surface area (Å²) in [4.78, 5) is 15.3. The third kappa shape index (κ3) is 3.35. The van der Waals surface area contributed by atoms with Gasteiger partial charge in [0.25, 0.3) is 5.91 Å². The molecule has 142 valence electrons. The quantitative estimate of drug-likeness (QED) is 0.889. The van der Waals surface area contributed by atoms with Crippen LogP contribution < -0.4 is 5.73 Å². The number of nitrogens with zero attached hydrogens (tertiary/aromatic N) is 4. The lowest BCUT2D eigenvalue weighted by Crippen LogP contribution is -2.38. The normalized spacial score (nSPS) is 20.3. The van der Waals surface area contributed by atoms with Gasteiger partial charge in [-0.2, -0.15) is 5.10 Å². The van der Waals surface area contributed by atoms with Crippen molar-refractivity contribution < 1.29 is 9.53 Å². The molecule has 2 aromatic heterocycles. The van der Waals surface area contributed by atoms with Gasteiger partial charge in [0.15, 0.2) is 0 Å². The topological polar surface area (TPSA) is 78.3 Å². The fraction of sp³-hybridized carbons (Fsp3) is 0.579. The van der Waals surface area contributed by atoms with Crippen molar-refractivity contribution in [3.05, 3.63) is 35.3 Å². The fourth-order valence-corrected chi connectivity index (χ4v) is 4.10. The van der Waals surface area contributed by atoms with Crippen molar-refractivity contribution in [3.8, 4) is 0 Å². The average molecular weight is 359 g/mol. The van der Waals surface area contributed by atoms with Crippen LogP contribution in [-0.2, 0) is 11.3 Å². The van der Waals surface area contributed by atoms with Gasteiger partial charge in [0.2, 0.25) is 0 Å². The second-order valence-corrected chi connectivity index (χ2v) is 7.42. The Kier molecular flexibility index (Phi) is 5.09. The largest absolute Gasteiger partial charge is 0.382 e. The summed E-state index contributed by atoms with van der Waals surface area (Å²) in [5.41, 5.74) is 8.63. The summed E-state index contributed by atoms with van der Waals surface area (Å²) in [5.74, 6) is 0.555. The van der Waals surface area contributed by atoms with E-state index in [4.69, 9.17) is 10.5 Å². The van der Waals surface area contributed by atoms with Crippen LogP contribution >= 0.6 is 0 Å². The summed E-state index contributed by atoms with van der Waals surface area (Å²) in [6.45, 7) is 9.56. The van der Waals surface area contributed by atoms with Gasteiger partial charge in [-0.05, 0) is 46.2 Å². The lowest BCUT2D eigenvalue weighted by atomic mass is 10.1. The van der Waals surface area contributed by atoms with Crippen molar-refractivity contribution >= 4 is 11.7 Å². The monoisotopic (exact) mass is 359 g/mol. The number of carbonyl (C=O) groups excluding carboxylic acids is 1. The molecule has 1 saturated heterocycles. The van der Waals surface area contributed by atoms with Gasteiger partial charge in [-0.3, -0.25) is 9.48 Å². The Morgan fingerprint density at radius 1 is 1.42 bits per heavy atom. The molecule has 0 bridgehead atoms. The highest BCUT2D eigenvalue weighted by atomic mass is 16.5. The molecule has 3 rings (SSSR count). The number of hydrogen-bond acceptors (Lipinski definition) is 4. The molecule has 1 amide bonds. The molecule has 1 aliphatic rings. The number of anilines is 1. The maximum Gasteiger partial charge on any atom is 0.256 e. The first-order chi connectivity index (χ1) is 12.3. The Hall–Kier alpha value is -2.28. The first-order valence-corrected chi connectivity index (χ1v) is 9.13. The van der Waals surface area contributed by atoms with Crippen molar-refractivity contribution in [2.24, 2.45) is 0 Å². The molecule has 3 heterocycles. The third-order valence-electron chi connectivity index (χ3n) is 5.26. The molecule has 26 heavy (non-hydrogen) atoms. The minimum atomic E-state index is 0.0360. The number of ether oxygens (including phenoxy) is 1. The molecule has 7 heteroatoms. The van der Waals surface area contributed by atoms with Gasteiger partial charge in [-0.1, -0.05) is 0 Å². The van der Waals surface area contributed by atoms with Crippen LogP contribution in [0.5, 0.6) is 0 Å². The number of amides is 1. The molecule has 0 radical (unpaired) electrons. The van der Waals surface area contributed by atoms with E-state index >= 15 is 0 Å². The molecule has 1 fully saturated rings. The van der Waals surface area contributed by atoms with Gasteiger partial charge in [-0.25, -0.2) is 0 Å². The van der Waals surface area contributed by atoms with Crippen LogP contribution in [0.4, 0.5) is 5.82 Å². The minimum absolute atomic E-state index is 0.0360. The smallest absolute Gasteiger partial charge is 0.256 e. The van der Waals surface area contributed by atoms with E-state index in [1.165, 1.54) is 0 Å². The van der Waals surface area contributed by atoms with Gasteiger partial charge < -0.3 is 19.9 Å². The van der Waals surface area contributed by atoms with Crippen LogP contribution in [0, 0.1) is 13.8 Å². The molecule has 2 atom stereocenters. The standard InChI is InChI=1S/C19H29N5O2/c1-12(2)24-13(3)8-17(14(24)4)19(25)23-11-16(26-5)9-15(23)10-22-7-6-18(20)21-22/h6-8,12,15-16H,9-11H2,1-5H3,(H2,20,21)/t15-,16-/m0/s1. The van der Waals surface area contributed by atoms with Crippen LogP contribution in [0.1, 0.15) is 48.1 Å². The molecule has 1 aliphatic heterocycles. The maximum absolute atomic E-state index is 13.3. The van der Waals surface area contributed by atoms with E-state index in [1.54, 1.807) is 17.9 Å². The molecule has 0 aromatic carbocycles. The summed E-state index contributed by atoms with van der Waals surface area (Å²) in [5, 5.41) is 4.26. The van der Waals surface area contributed by atoms with E-state index in [0.29, 0.717) is 24.9 Å². The number of rotatable bonds is 5. The molecule has 0 unspecified atom stereocenters. The highest BCUT2D eigenvalue weighted by Crippen LogP contribution is 2.27. The second kappa shape index (κ2) is 7.15. The van der Waals surface area contributed by atoms with Gasteiger partial charge >= 0.3 is 0 Å². The molecule has 0 aliphatic carbocycles. The van der Waals surface area contributed by atoms with Gasteiger partial charge in [0.05, 0.1) is 24.3 Å².